The van der Waals surface area contributed by atoms with Crippen molar-refractivity contribution in [2.75, 3.05) is 0 Å². The van der Waals surface area contributed by atoms with Crippen molar-refractivity contribution in [3.05, 3.63) is 11.8 Å². The molecule has 2 unspecified atom stereocenters. The van der Waals surface area contributed by atoms with Gasteiger partial charge in [-0.25, -0.2) is 0 Å². The molecule has 0 saturated heterocycles. The summed E-state index contributed by atoms with van der Waals surface area (Å²) in [5.74, 6) is 0.653. The van der Waals surface area contributed by atoms with Crippen LogP contribution in [0.5, 0.6) is 0 Å². The van der Waals surface area contributed by atoms with Crippen LogP contribution in [0.4, 0.5) is 0 Å². The minimum Gasteiger partial charge on any atom is -0.332 e. The van der Waals surface area contributed by atoms with Crippen LogP contribution < -0.4 is 5.32 Å². The van der Waals surface area contributed by atoms with Gasteiger partial charge in [0.1, 0.15) is 0 Å². The van der Waals surface area contributed by atoms with Gasteiger partial charge in [0.2, 0.25) is 6.41 Å². The van der Waals surface area contributed by atoms with Crippen molar-refractivity contribution in [2.45, 2.75) is 33.6 Å². The van der Waals surface area contributed by atoms with Crippen LogP contribution in [-0.4, -0.2) is 6.41 Å². The van der Waals surface area contributed by atoms with Gasteiger partial charge in [-0.15, -0.1) is 0 Å². The summed E-state index contributed by atoms with van der Waals surface area (Å²) >= 11 is 0. The van der Waals surface area contributed by atoms with E-state index in [2.05, 4.69) is 32.2 Å². The second kappa shape index (κ2) is 2.37. The molecule has 0 aliphatic heterocycles. The highest BCUT2D eigenvalue weighted by molar-refractivity contribution is 5.52. The van der Waals surface area contributed by atoms with Crippen LogP contribution in [0.1, 0.15) is 33.6 Å². The third-order valence-electron chi connectivity index (χ3n) is 4.48. The first-order chi connectivity index (χ1) is 6.02. The lowest BCUT2D eigenvalue weighted by molar-refractivity contribution is -0.109. The molecule has 0 radical (unpaired) electrons. The van der Waals surface area contributed by atoms with E-state index in [9.17, 15) is 4.79 Å². The quantitative estimate of drug-likeness (QED) is 0.646. The van der Waals surface area contributed by atoms with Crippen molar-refractivity contribution in [1.29, 1.82) is 0 Å². The lowest BCUT2D eigenvalue weighted by Crippen LogP contribution is -2.34. The van der Waals surface area contributed by atoms with Crippen molar-refractivity contribution >= 4 is 6.41 Å². The summed E-state index contributed by atoms with van der Waals surface area (Å²) in [5.41, 5.74) is 1.65. The Balaban J connectivity index is 2.37. The number of hydrogen-bond acceptors (Lipinski definition) is 1. The molecule has 2 aliphatic rings. The highest BCUT2D eigenvalue weighted by Gasteiger charge is 2.57. The molecule has 1 saturated carbocycles. The summed E-state index contributed by atoms with van der Waals surface area (Å²) in [4.78, 5) is 10.4. The molecule has 2 rings (SSSR count). The number of hydrogen-bond donors (Lipinski definition) is 1. The Morgan fingerprint density at radius 3 is 2.62 bits per heavy atom. The van der Waals surface area contributed by atoms with Crippen LogP contribution in [0.25, 0.3) is 0 Å². The fourth-order valence-corrected chi connectivity index (χ4v) is 2.97. The number of nitrogens with one attached hydrogen (secondary N) is 1. The smallest absolute Gasteiger partial charge is 0.211 e. The monoisotopic (exact) mass is 179 g/mol. The molecule has 0 aromatic heterocycles. The largest absolute Gasteiger partial charge is 0.332 e. The first-order valence-electron chi connectivity index (χ1n) is 4.95. The molecule has 2 aliphatic carbocycles. The Hall–Kier alpha value is -0.790. The Morgan fingerprint density at radius 1 is 1.54 bits per heavy atom. The third-order valence-corrected chi connectivity index (χ3v) is 4.48. The van der Waals surface area contributed by atoms with Crippen molar-refractivity contribution in [3.8, 4) is 0 Å². The molecule has 2 bridgehead atoms. The number of carbonyl (C=O) groups is 1. The summed E-state index contributed by atoms with van der Waals surface area (Å²) in [7, 11) is 0. The van der Waals surface area contributed by atoms with Crippen molar-refractivity contribution < 1.29 is 4.79 Å². The Kier molecular flexibility index (Phi) is 1.60. The fourth-order valence-electron chi connectivity index (χ4n) is 2.97. The standard InChI is InChI=1S/C11H17NO/c1-10(2)8-4-5-11(10,3)9(6-8)12-7-13/h6-8H,4-5H2,1-3H3,(H,12,13). The minimum atomic E-state index is 0.193. The Labute approximate surface area is 79.4 Å². The molecule has 2 heteroatoms. The van der Waals surface area contributed by atoms with Crippen molar-refractivity contribution in [1.82, 2.24) is 5.32 Å². The zero-order valence-electron chi connectivity index (χ0n) is 8.55. The summed E-state index contributed by atoms with van der Waals surface area (Å²) in [6.07, 6.45) is 5.52. The molecule has 0 heterocycles. The highest BCUT2D eigenvalue weighted by atomic mass is 16.1. The van der Waals surface area contributed by atoms with E-state index in [1.807, 2.05) is 0 Å². The molecule has 0 aromatic carbocycles. The maximum Gasteiger partial charge on any atom is 0.211 e. The van der Waals surface area contributed by atoms with Crippen LogP contribution >= 0.6 is 0 Å². The van der Waals surface area contributed by atoms with Crippen LogP contribution in [0.2, 0.25) is 0 Å². The lowest BCUT2D eigenvalue weighted by atomic mass is 9.69. The van der Waals surface area contributed by atoms with E-state index < -0.39 is 0 Å². The predicted octanol–water partition coefficient (Wildman–Crippen LogP) is 2.07. The molecule has 1 N–H and O–H groups in total. The zero-order chi connectivity index (χ0) is 9.69. The van der Waals surface area contributed by atoms with E-state index in [1.54, 1.807) is 0 Å². The number of carbonyl (C=O) groups excluding carboxylic acids is 1. The van der Waals surface area contributed by atoms with Crippen LogP contribution in [0.15, 0.2) is 11.8 Å². The molecular weight excluding hydrogens is 162 g/mol. The van der Waals surface area contributed by atoms with Gasteiger partial charge < -0.3 is 5.32 Å². The van der Waals surface area contributed by atoms with Crippen molar-refractivity contribution in [2.24, 2.45) is 16.7 Å². The second-order valence-electron chi connectivity index (χ2n) is 5.04. The van der Waals surface area contributed by atoms with E-state index in [0.717, 1.165) is 12.1 Å². The second-order valence-corrected chi connectivity index (χ2v) is 5.04. The molecular formula is C11H17NO. The van der Waals surface area contributed by atoms with E-state index in [0.29, 0.717) is 11.3 Å². The molecule has 1 fully saturated rings. The predicted molar refractivity (Wildman–Crippen MR) is 51.9 cm³/mol. The average Bonchev–Trinajstić information content (AvgIpc) is 2.37. The van der Waals surface area contributed by atoms with Gasteiger partial charge in [-0.3, -0.25) is 4.79 Å². The van der Waals surface area contributed by atoms with Gasteiger partial charge in [-0.1, -0.05) is 26.8 Å². The van der Waals surface area contributed by atoms with E-state index in [-0.39, 0.29) is 5.41 Å². The summed E-state index contributed by atoms with van der Waals surface area (Å²) in [6, 6.07) is 0. The molecule has 2 atom stereocenters. The maximum atomic E-state index is 10.4. The molecule has 2 nitrogen and oxygen atoms in total. The van der Waals surface area contributed by atoms with Crippen LogP contribution in [0, 0.1) is 16.7 Å². The first kappa shape index (κ1) is 8.79. The normalized spacial score (nSPS) is 40.2. The molecule has 72 valence electrons. The van der Waals surface area contributed by atoms with Crippen LogP contribution in [-0.2, 0) is 4.79 Å². The minimum absolute atomic E-state index is 0.193. The molecule has 0 spiro atoms. The number of allylic oxidation sites excluding steroid dienone is 2. The van der Waals surface area contributed by atoms with Gasteiger partial charge in [0.15, 0.2) is 0 Å². The molecule has 0 aromatic rings. The van der Waals surface area contributed by atoms with Gasteiger partial charge in [-0.2, -0.15) is 0 Å². The SMILES string of the molecule is CC12CCC(C=C1NC=O)C2(C)C. The number of rotatable bonds is 2. The van der Waals surface area contributed by atoms with Gasteiger partial charge in [0, 0.05) is 11.1 Å². The highest BCUT2D eigenvalue weighted by Crippen LogP contribution is 2.64. The lowest BCUT2D eigenvalue weighted by Gasteiger charge is -2.36. The van der Waals surface area contributed by atoms with Gasteiger partial charge in [-0.05, 0) is 24.2 Å². The van der Waals surface area contributed by atoms with Gasteiger partial charge >= 0.3 is 0 Å². The fraction of sp³-hybridized carbons (Fsp3) is 0.727. The summed E-state index contributed by atoms with van der Waals surface area (Å²) in [6.45, 7) is 6.88. The van der Waals surface area contributed by atoms with Crippen molar-refractivity contribution in [3.63, 3.8) is 0 Å². The molecule has 1 amide bonds. The zero-order valence-corrected chi connectivity index (χ0v) is 8.55. The number of fused-ring (bicyclic) bond motifs is 2. The van der Waals surface area contributed by atoms with E-state index in [1.165, 1.54) is 12.8 Å². The van der Waals surface area contributed by atoms with Gasteiger partial charge in [0.25, 0.3) is 0 Å². The number of amides is 1. The third kappa shape index (κ3) is 0.862. The molecule has 13 heavy (non-hydrogen) atoms. The van der Waals surface area contributed by atoms with Gasteiger partial charge in [0.05, 0.1) is 0 Å². The average molecular weight is 179 g/mol. The summed E-state index contributed by atoms with van der Waals surface area (Å²) in [5, 5.41) is 2.85. The Morgan fingerprint density at radius 2 is 2.23 bits per heavy atom. The Bertz CT molecular complexity index is 280. The van der Waals surface area contributed by atoms with E-state index >= 15 is 0 Å². The van der Waals surface area contributed by atoms with Crippen LogP contribution in [0.3, 0.4) is 0 Å². The summed E-state index contributed by atoms with van der Waals surface area (Å²) < 4.78 is 0. The first-order valence-corrected chi connectivity index (χ1v) is 4.95. The maximum absolute atomic E-state index is 10.4. The topological polar surface area (TPSA) is 29.1 Å². The van der Waals surface area contributed by atoms with E-state index in [4.69, 9.17) is 0 Å².